The average molecular weight is 412 g/mol. The Kier molecular flexibility index (Phi) is 4.63. The van der Waals surface area contributed by atoms with Crippen molar-refractivity contribution in [3.05, 3.63) is 84.2 Å². The number of carbonyl (C=O) groups excluding carboxylic acids is 1. The molecule has 5 aromatic rings. The molecule has 152 valence electrons. The number of hydrogen-bond acceptors (Lipinski definition) is 5. The highest BCUT2D eigenvalue weighted by Crippen LogP contribution is 2.28. The van der Waals surface area contributed by atoms with Gasteiger partial charge in [0.1, 0.15) is 11.6 Å². The van der Waals surface area contributed by atoms with Crippen molar-refractivity contribution in [3.63, 3.8) is 0 Å². The van der Waals surface area contributed by atoms with E-state index < -0.39 is 0 Å². The molecule has 0 bridgehead atoms. The lowest BCUT2D eigenvalue weighted by molar-refractivity contribution is 0.0526. The third kappa shape index (κ3) is 3.40. The number of ether oxygens (including phenoxy) is 1. The van der Waals surface area contributed by atoms with Crippen LogP contribution in [0.15, 0.2) is 72.8 Å². The van der Waals surface area contributed by atoms with Crippen molar-refractivity contribution in [2.45, 2.75) is 6.92 Å². The second-order valence-electron chi connectivity index (χ2n) is 6.90. The zero-order valence-corrected chi connectivity index (χ0v) is 16.6. The third-order valence-corrected chi connectivity index (χ3v) is 4.91. The van der Waals surface area contributed by atoms with E-state index in [9.17, 15) is 9.18 Å². The molecular weight excluding hydrogens is 395 g/mol. The van der Waals surface area contributed by atoms with E-state index in [1.807, 2.05) is 28.8 Å². The van der Waals surface area contributed by atoms with Crippen molar-refractivity contribution in [1.29, 1.82) is 0 Å². The number of hydrogen-bond donors (Lipinski definition) is 0. The summed E-state index contributed by atoms with van der Waals surface area (Å²) in [4.78, 5) is 26.2. The van der Waals surface area contributed by atoms with Gasteiger partial charge in [0.05, 0.1) is 23.2 Å². The second kappa shape index (κ2) is 7.60. The number of fused-ring (bicyclic) bond motifs is 2. The zero-order valence-electron chi connectivity index (χ0n) is 16.6. The van der Waals surface area contributed by atoms with E-state index in [0.29, 0.717) is 29.3 Å². The van der Waals surface area contributed by atoms with Gasteiger partial charge < -0.3 is 4.74 Å². The van der Waals surface area contributed by atoms with Gasteiger partial charge >= 0.3 is 5.97 Å². The van der Waals surface area contributed by atoms with E-state index in [1.54, 1.807) is 43.3 Å². The Morgan fingerprint density at radius 3 is 2.26 bits per heavy atom. The molecule has 0 amide bonds. The number of rotatable bonds is 4. The van der Waals surface area contributed by atoms with Gasteiger partial charge in [-0.15, -0.1) is 0 Å². The standard InChI is InChI=1S/C24H17FN4O2/c1-2-31-24(30)16-9-13-18(14-10-16)29-22(15-7-11-17(25)12-8-15)28-21-23(29)27-20-6-4-3-5-19(20)26-21/h3-14H,2H2,1H3. The average Bonchev–Trinajstić information content (AvgIpc) is 3.16. The lowest BCUT2D eigenvalue weighted by atomic mass is 10.2. The van der Waals surface area contributed by atoms with E-state index in [-0.39, 0.29) is 11.8 Å². The first kappa shape index (κ1) is 18.9. The summed E-state index contributed by atoms with van der Waals surface area (Å²) < 4.78 is 20.4. The van der Waals surface area contributed by atoms with E-state index >= 15 is 0 Å². The molecule has 0 aliphatic heterocycles. The van der Waals surface area contributed by atoms with Crippen LogP contribution < -0.4 is 0 Å². The number of para-hydroxylation sites is 2. The highest BCUT2D eigenvalue weighted by atomic mass is 19.1. The van der Waals surface area contributed by atoms with Gasteiger partial charge in [0.2, 0.25) is 0 Å². The first-order valence-corrected chi connectivity index (χ1v) is 9.83. The predicted molar refractivity (Wildman–Crippen MR) is 116 cm³/mol. The maximum Gasteiger partial charge on any atom is 0.338 e. The fourth-order valence-electron chi connectivity index (χ4n) is 3.46. The summed E-state index contributed by atoms with van der Waals surface area (Å²) in [7, 11) is 0. The molecule has 0 aliphatic rings. The Balaban J connectivity index is 1.74. The highest BCUT2D eigenvalue weighted by Gasteiger charge is 2.18. The Labute approximate surface area is 177 Å². The van der Waals surface area contributed by atoms with Crippen LogP contribution in [0.2, 0.25) is 0 Å². The quantitative estimate of drug-likeness (QED) is 0.391. The highest BCUT2D eigenvalue weighted by molar-refractivity contribution is 5.90. The van der Waals surface area contributed by atoms with Crippen LogP contribution in [0.5, 0.6) is 0 Å². The largest absolute Gasteiger partial charge is 0.462 e. The topological polar surface area (TPSA) is 69.9 Å². The number of benzene rings is 3. The minimum absolute atomic E-state index is 0.310. The van der Waals surface area contributed by atoms with Crippen molar-refractivity contribution >= 4 is 28.3 Å². The summed E-state index contributed by atoms with van der Waals surface area (Å²) in [6, 6.07) is 20.7. The van der Waals surface area contributed by atoms with E-state index in [1.165, 1.54) is 12.1 Å². The van der Waals surface area contributed by atoms with Crippen molar-refractivity contribution in [3.8, 4) is 17.1 Å². The number of aromatic nitrogens is 4. The van der Waals surface area contributed by atoms with Crippen LogP contribution in [0.3, 0.4) is 0 Å². The normalized spacial score (nSPS) is 11.2. The molecule has 0 atom stereocenters. The lowest BCUT2D eigenvalue weighted by Gasteiger charge is -2.10. The van der Waals surface area contributed by atoms with Gasteiger partial charge in [-0.1, -0.05) is 12.1 Å². The summed E-state index contributed by atoms with van der Waals surface area (Å²) in [6.07, 6.45) is 0. The minimum Gasteiger partial charge on any atom is -0.462 e. The van der Waals surface area contributed by atoms with Gasteiger partial charge in [0.15, 0.2) is 11.3 Å². The van der Waals surface area contributed by atoms with Crippen LogP contribution in [0.4, 0.5) is 4.39 Å². The molecule has 7 heteroatoms. The van der Waals surface area contributed by atoms with E-state index in [0.717, 1.165) is 22.3 Å². The van der Waals surface area contributed by atoms with E-state index in [2.05, 4.69) is 4.98 Å². The molecule has 0 saturated carbocycles. The van der Waals surface area contributed by atoms with Gasteiger partial charge in [-0.2, -0.15) is 0 Å². The molecule has 2 heterocycles. The second-order valence-corrected chi connectivity index (χ2v) is 6.90. The monoisotopic (exact) mass is 412 g/mol. The molecule has 5 rings (SSSR count). The molecule has 0 aliphatic carbocycles. The Morgan fingerprint density at radius 2 is 1.58 bits per heavy atom. The summed E-state index contributed by atoms with van der Waals surface area (Å²) in [6.45, 7) is 2.08. The molecule has 0 radical (unpaired) electrons. The molecule has 0 saturated heterocycles. The number of esters is 1. The van der Waals surface area contributed by atoms with Gasteiger partial charge in [-0.3, -0.25) is 4.57 Å². The SMILES string of the molecule is CCOC(=O)c1ccc(-n2c(-c3ccc(F)cc3)nc3nc4ccccc4nc32)cc1. The molecule has 3 aromatic carbocycles. The van der Waals surface area contributed by atoms with Crippen LogP contribution in [-0.4, -0.2) is 32.1 Å². The minimum atomic E-state index is -0.380. The van der Waals surface area contributed by atoms with Gasteiger partial charge in [0.25, 0.3) is 0 Å². The molecular formula is C24H17FN4O2. The number of nitrogens with zero attached hydrogens (tertiary/aromatic N) is 4. The maximum absolute atomic E-state index is 13.5. The fourth-order valence-corrected chi connectivity index (χ4v) is 3.46. The van der Waals surface area contributed by atoms with Crippen LogP contribution in [0, 0.1) is 5.82 Å². The Hall–Kier alpha value is -4.13. The lowest BCUT2D eigenvalue weighted by Crippen LogP contribution is -2.05. The van der Waals surface area contributed by atoms with Gasteiger partial charge in [-0.25, -0.2) is 24.1 Å². The van der Waals surface area contributed by atoms with Crippen molar-refractivity contribution in [2.24, 2.45) is 0 Å². The number of imidazole rings is 1. The number of carbonyl (C=O) groups is 1. The first-order chi connectivity index (χ1) is 15.1. The summed E-state index contributed by atoms with van der Waals surface area (Å²) in [5.74, 6) is -0.129. The van der Waals surface area contributed by atoms with Crippen LogP contribution in [-0.2, 0) is 4.74 Å². The van der Waals surface area contributed by atoms with Crippen molar-refractivity contribution in [1.82, 2.24) is 19.5 Å². The van der Waals surface area contributed by atoms with Gasteiger partial charge in [-0.05, 0) is 67.6 Å². The van der Waals surface area contributed by atoms with Crippen LogP contribution in [0.25, 0.3) is 39.4 Å². The molecule has 0 N–H and O–H groups in total. The van der Waals surface area contributed by atoms with E-state index in [4.69, 9.17) is 14.7 Å². The zero-order chi connectivity index (χ0) is 21.4. The molecule has 0 unspecified atom stereocenters. The summed E-state index contributed by atoms with van der Waals surface area (Å²) in [5.41, 5.74) is 4.45. The summed E-state index contributed by atoms with van der Waals surface area (Å²) >= 11 is 0. The predicted octanol–water partition coefficient (Wildman–Crippen LogP) is 4.95. The molecule has 0 spiro atoms. The third-order valence-electron chi connectivity index (χ3n) is 4.91. The van der Waals surface area contributed by atoms with Crippen LogP contribution >= 0.6 is 0 Å². The maximum atomic E-state index is 13.5. The Morgan fingerprint density at radius 1 is 0.903 bits per heavy atom. The van der Waals surface area contributed by atoms with Crippen molar-refractivity contribution in [2.75, 3.05) is 6.61 Å². The van der Waals surface area contributed by atoms with Crippen molar-refractivity contribution < 1.29 is 13.9 Å². The number of halogens is 1. The molecule has 0 fully saturated rings. The Bertz CT molecular complexity index is 1410. The summed E-state index contributed by atoms with van der Waals surface area (Å²) in [5, 5.41) is 0. The fraction of sp³-hybridized carbons (Fsp3) is 0.0833. The first-order valence-electron chi connectivity index (χ1n) is 9.83. The van der Waals surface area contributed by atoms with Crippen LogP contribution in [0.1, 0.15) is 17.3 Å². The molecule has 2 aromatic heterocycles. The van der Waals surface area contributed by atoms with Gasteiger partial charge in [0, 0.05) is 11.3 Å². The molecule has 31 heavy (non-hydrogen) atoms. The smallest absolute Gasteiger partial charge is 0.338 e. The molecule has 6 nitrogen and oxygen atoms in total.